The number of aromatic nitrogens is 4. The zero-order chi connectivity index (χ0) is 22.2. The predicted molar refractivity (Wildman–Crippen MR) is 125 cm³/mol. The Kier molecular flexibility index (Phi) is 5.24. The van der Waals surface area contributed by atoms with Gasteiger partial charge in [-0.1, -0.05) is 39.4 Å². The second-order valence-electron chi connectivity index (χ2n) is 6.89. The molecule has 32 heavy (non-hydrogen) atoms. The highest BCUT2D eigenvalue weighted by Gasteiger charge is 2.17. The minimum Gasteiger partial charge on any atom is -0.495 e. The Balaban J connectivity index is 1.42. The predicted octanol–water partition coefficient (Wildman–Crippen LogP) is 5.44. The third-order valence-electron chi connectivity index (χ3n) is 4.80. The zero-order valence-corrected chi connectivity index (χ0v) is 19.4. The van der Waals surface area contributed by atoms with E-state index < -0.39 is 0 Å². The van der Waals surface area contributed by atoms with Crippen molar-refractivity contribution < 1.29 is 13.9 Å². The summed E-state index contributed by atoms with van der Waals surface area (Å²) in [5.74, 6) is 1.67. The summed E-state index contributed by atoms with van der Waals surface area (Å²) >= 11 is 4.83. The molecule has 3 aromatic heterocycles. The summed E-state index contributed by atoms with van der Waals surface area (Å²) in [6.45, 7) is 1.84. The van der Waals surface area contributed by atoms with Gasteiger partial charge >= 0.3 is 0 Å². The van der Waals surface area contributed by atoms with E-state index in [4.69, 9.17) is 9.15 Å². The van der Waals surface area contributed by atoms with Crippen LogP contribution in [0.5, 0.6) is 5.75 Å². The topological polar surface area (TPSA) is 94.5 Å². The first-order valence-corrected chi connectivity index (χ1v) is 11.2. The number of anilines is 1. The summed E-state index contributed by atoms with van der Waals surface area (Å²) in [5, 5.41) is 16.3. The molecule has 0 aliphatic rings. The number of methoxy groups -OCH3 is 1. The molecule has 0 fully saturated rings. The molecule has 3 heterocycles. The summed E-state index contributed by atoms with van der Waals surface area (Å²) in [5.41, 5.74) is 2.22. The summed E-state index contributed by atoms with van der Waals surface area (Å²) < 4.78 is 13.9. The molecule has 0 saturated heterocycles. The number of aryl methyl sites for hydroxylation is 1. The van der Waals surface area contributed by atoms with E-state index in [9.17, 15) is 4.79 Å². The lowest BCUT2D eigenvalue weighted by molar-refractivity contribution is 0.0997. The Labute approximate surface area is 195 Å². The van der Waals surface area contributed by atoms with Crippen LogP contribution in [0, 0.1) is 6.92 Å². The molecule has 160 valence electrons. The second kappa shape index (κ2) is 8.21. The van der Waals surface area contributed by atoms with Gasteiger partial charge in [-0.25, -0.2) is 0 Å². The van der Waals surface area contributed by atoms with Crippen molar-refractivity contribution >= 4 is 43.8 Å². The first-order chi connectivity index (χ1) is 15.5. The molecule has 0 bridgehead atoms. The van der Waals surface area contributed by atoms with E-state index in [0.29, 0.717) is 28.0 Å². The summed E-state index contributed by atoms with van der Waals surface area (Å²) in [6, 6.07) is 16.6. The van der Waals surface area contributed by atoms with Gasteiger partial charge in [0.05, 0.1) is 12.8 Å². The number of rotatable bonds is 5. The lowest BCUT2D eigenvalue weighted by atomic mass is 10.2. The molecule has 8 nitrogen and oxygen atoms in total. The Morgan fingerprint density at radius 1 is 1.09 bits per heavy atom. The fourth-order valence-electron chi connectivity index (χ4n) is 3.18. The Morgan fingerprint density at radius 2 is 1.88 bits per heavy atom. The van der Waals surface area contributed by atoms with Gasteiger partial charge in [-0.15, -0.1) is 10.2 Å². The van der Waals surface area contributed by atoms with Crippen LogP contribution in [0.2, 0.25) is 0 Å². The van der Waals surface area contributed by atoms with Crippen molar-refractivity contribution in [1.82, 2.24) is 19.8 Å². The number of carbonyl (C=O) groups is 1. The van der Waals surface area contributed by atoms with Gasteiger partial charge in [0.15, 0.2) is 11.6 Å². The number of benzene rings is 2. The number of fused-ring (bicyclic) bond motifs is 1. The van der Waals surface area contributed by atoms with Crippen LogP contribution in [0.1, 0.15) is 16.4 Å². The highest BCUT2D eigenvalue weighted by molar-refractivity contribution is 9.10. The zero-order valence-electron chi connectivity index (χ0n) is 17.0. The number of furan rings is 1. The Morgan fingerprint density at radius 3 is 2.62 bits per heavy atom. The summed E-state index contributed by atoms with van der Waals surface area (Å²) in [4.78, 5) is 13.6. The van der Waals surface area contributed by atoms with Crippen LogP contribution in [0.4, 0.5) is 5.69 Å². The molecule has 5 rings (SSSR count). The lowest BCUT2D eigenvalue weighted by Gasteiger charge is -2.10. The van der Waals surface area contributed by atoms with Crippen molar-refractivity contribution in [2.45, 2.75) is 6.92 Å². The first kappa shape index (κ1) is 20.4. The number of amides is 1. The molecule has 10 heteroatoms. The molecular formula is C22H16BrN5O3S. The van der Waals surface area contributed by atoms with E-state index in [2.05, 4.69) is 36.5 Å². The molecule has 0 aliphatic heterocycles. The van der Waals surface area contributed by atoms with Crippen molar-refractivity contribution in [2.75, 3.05) is 12.4 Å². The largest absolute Gasteiger partial charge is 0.495 e. The number of hydrogen-bond acceptors (Lipinski definition) is 7. The normalized spacial score (nSPS) is 11.1. The molecule has 1 N–H and O–H groups in total. The highest BCUT2D eigenvalue weighted by atomic mass is 79.9. The molecule has 2 aromatic carbocycles. The van der Waals surface area contributed by atoms with E-state index in [0.717, 1.165) is 20.6 Å². The van der Waals surface area contributed by atoms with Gasteiger partial charge in [0.2, 0.25) is 4.96 Å². The summed E-state index contributed by atoms with van der Waals surface area (Å²) in [7, 11) is 1.55. The molecule has 1 amide bonds. The maximum atomic E-state index is 12.9. The van der Waals surface area contributed by atoms with Gasteiger partial charge in [-0.2, -0.15) is 9.61 Å². The van der Waals surface area contributed by atoms with E-state index in [1.807, 2.05) is 43.3 Å². The molecule has 0 spiro atoms. The maximum Gasteiger partial charge on any atom is 0.291 e. The van der Waals surface area contributed by atoms with Crippen molar-refractivity contribution in [1.29, 1.82) is 0 Å². The van der Waals surface area contributed by atoms with Crippen molar-refractivity contribution in [2.24, 2.45) is 0 Å². The quantitative estimate of drug-likeness (QED) is 0.338. The van der Waals surface area contributed by atoms with Crippen LogP contribution in [-0.2, 0) is 0 Å². The van der Waals surface area contributed by atoms with Crippen LogP contribution < -0.4 is 10.1 Å². The maximum absolute atomic E-state index is 12.9. The Hall–Kier alpha value is -3.50. The van der Waals surface area contributed by atoms with Crippen LogP contribution in [-0.4, -0.2) is 32.8 Å². The van der Waals surface area contributed by atoms with Crippen LogP contribution >= 0.6 is 27.3 Å². The van der Waals surface area contributed by atoms with Crippen LogP contribution in [0.25, 0.3) is 26.9 Å². The molecule has 0 saturated carbocycles. The first-order valence-electron chi connectivity index (χ1n) is 9.56. The van der Waals surface area contributed by atoms with Crippen molar-refractivity contribution in [3.8, 4) is 27.6 Å². The molecule has 0 atom stereocenters. The number of nitrogens with one attached hydrogen (secondary N) is 1. The molecular weight excluding hydrogens is 494 g/mol. The third kappa shape index (κ3) is 3.78. The van der Waals surface area contributed by atoms with E-state index in [-0.39, 0.29) is 11.7 Å². The van der Waals surface area contributed by atoms with Gasteiger partial charge < -0.3 is 14.5 Å². The number of nitrogens with zero attached hydrogens (tertiary/aromatic N) is 4. The fourth-order valence-corrected chi connectivity index (χ4v) is 4.33. The average molecular weight is 510 g/mol. The SMILES string of the molecule is COc1ccc(-c2nn3c(C)nnc3s2)cc1NC(=O)c1ccc(-c2ccc(Br)cc2)o1. The number of ether oxygens (including phenoxy) is 1. The van der Waals surface area contributed by atoms with Gasteiger partial charge in [0, 0.05) is 15.6 Å². The van der Waals surface area contributed by atoms with E-state index in [1.165, 1.54) is 11.3 Å². The Bertz CT molecular complexity index is 1440. The van der Waals surface area contributed by atoms with Crippen LogP contribution in [0.3, 0.4) is 0 Å². The second-order valence-corrected chi connectivity index (χ2v) is 8.76. The highest BCUT2D eigenvalue weighted by Crippen LogP contribution is 2.33. The summed E-state index contributed by atoms with van der Waals surface area (Å²) in [6.07, 6.45) is 0. The monoisotopic (exact) mass is 509 g/mol. The lowest BCUT2D eigenvalue weighted by Crippen LogP contribution is -2.11. The van der Waals surface area contributed by atoms with Gasteiger partial charge in [0.1, 0.15) is 16.5 Å². The van der Waals surface area contributed by atoms with E-state index >= 15 is 0 Å². The van der Waals surface area contributed by atoms with Crippen LogP contribution in [0.15, 0.2) is 63.5 Å². The average Bonchev–Trinajstić information content (AvgIpc) is 3.52. The molecule has 5 aromatic rings. The van der Waals surface area contributed by atoms with Gasteiger partial charge in [-0.05, 0) is 49.4 Å². The standard InChI is InChI=1S/C22H16BrN5O3S/c1-12-25-26-22-28(12)27-21(32-22)14-5-8-18(30-2)16(11-14)24-20(29)19-10-9-17(31-19)13-3-6-15(23)7-4-13/h3-11H,1-2H3,(H,24,29). The fraction of sp³-hybridized carbons (Fsp3) is 0.0909. The smallest absolute Gasteiger partial charge is 0.291 e. The van der Waals surface area contributed by atoms with Crippen molar-refractivity contribution in [3.63, 3.8) is 0 Å². The number of hydrogen-bond donors (Lipinski definition) is 1. The van der Waals surface area contributed by atoms with E-state index in [1.54, 1.807) is 29.8 Å². The molecule has 0 unspecified atom stereocenters. The van der Waals surface area contributed by atoms with Gasteiger partial charge in [-0.3, -0.25) is 4.79 Å². The minimum atomic E-state index is -0.377. The third-order valence-corrected chi connectivity index (χ3v) is 6.28. The minimum absolute atomic E-state index is 0.199. The molecule has 0 aliphatic carbocycles. The van der Waals surface area contributed by atoms with Gasteiger partial charge in [0.25, 0.3) is 5.91 Å². The van der Waals surface area contributed by atoms with Crippen molar-refractivity contribution in [3.05, 3.63) is 70.7 Å². The number of carbonyl (C=O) groups excluding carboxylic acids is 1. The molecule has 0 radical (unpaired) electrons. The number of halogens is 1.